The fourth-order valence-electron chi connectivity index (χ4n) is 4.39. The van der Waals surface area contributed by atoms with Crippen LogP contribution in [0.1, 0.15) is 43.7 Å². The van der Waals surface area contributed by atoms with E-state index < -0.39 is 64.3 Å². The number of carbonyl (C=O) groups is 2. The van der Waals surface area contributed by atoms with E-state index in [1.807, 2.05) is 24.3 Å². The zero-order valence-corrected chi connectivity index (χ0v) is 17.7. The third kappa shape index (κ3) is 3.11. The number of hydrogen-bond acceptors (Lipinski definition) is 5. The van der Waals surface area contributed by atoms with Crippen LogP contribution in [0.15, 0.2) is 47.4 Å². The minimum Gasteiger partial charge on any atom is -0.502 e. The van der Waals surface area contributed by atoms with Gasteiger partial charge in [-0.3, -0.25) is 24.1 Å². The highest BCUT2D eigenvalue weighted by molar-refractivity contribution is 5.99. The monoisotopic (exact) mass is 470 g/mol. The number of rotatable bonds is 3. The smallest absolute Gasteiger partial charge is 0.278 e. The summed E-state index contributed by atoms with van der Waals surface area (Å²) in [5.74, 6) is -6.08. The zero-order valence-electron chi connectivity index (χ0n) is 17.7. The molecule has 1 aromatic heterocycles. The fraction of sp³-hybridized carbons (Fsp3) is 0.174. The number of nitrogens with zero attached hydrogens (tertiary/aromatic N) is 3. The lowest BCUT2D eigenvalue weighted by atomic mass is 10.1. The van der Waals surface area contributed by atoms with Gasteiger partial charge in [0, 0.05) is 43.0 Å². The van der Waals surface area contributed by atoms with Crippen LogP contribution in [0.2, 0.25) is 0 Å². The lowest BCUT2D eigenvalue weighted by molar-refractivity contribution is 0.0640. The summed E-state index contributed by atoms with van der Waals surface area (Å²) in [6.07, 6.45) is 0.588. The van der Waals surface area contributed by atoms with Crippen LogP contribution in [0.25, 0.3) is 0 Å². The summed E-state index contributed by atoms with van der Waals surface area (Å²) in [6, 6.07) is 8.35. The summed E-state index contributed by atoms with van der Waals surface area (Å²) in [5, 5.41) is 14.5. The zero-order chi connectivity index (χ0) is 24.3. The number of aromatic nitrogens is 1. The molecule has 1 atom stereocenters. The van der Waals surface area contributed by atoms with Crippen molar-refractivity contribution in [2.45, 2.75) is 19.3 Å². The van der Waals surface area contributed by atoms with E-state index in [0.717, 1.165) is 17.3 Å². The normalized spacial score (nSPS) is 16.2. The molecule has 34 heavy (non-hydrogen) atoms. The largest absolute Gasteiger partial charge is 0.502 e. The number of halogens is 3. The molecule has 3 heterocycles. The molecule has 2 aromatic carbocycles. The van der Waals surface area contributed by atoms with Crippen molar-refractivity contribution in [2.75, 3.05) is 12.1 Å². The third-order valence-electron chi connectivity index (χ3n) is 6.06. The topological polar surface area (TPSA) is 94.9 Å². The first kappa shape index (κ1) is 21.6. The second-order valence-electron chi connectivity index (χ2n) is 8.03. The summed E-state index contributed by atoms with van der Waals surface area (Å²) in [4.78, 5) is 39.9. The summed E-state index contributed by atoms with van der Waals surface area (Å²) in [5.41, 5.74) is -0.758. The first-order chi connectivity index (χ1) is 16.2. The molecule has 0 aliphatic carbocycles. The van der Waals surface area contributed by atoms with Gasteiger partial charge in [0.1, 0.15) is 29.2 Å². The molecule has 0 saturated carbocycles. The SMILES string of the molecule is CN1C(=O)c2c(O)c(=O)c(C(=O)NCc3c(F)cc(F)cc3F)cn2N2Cc3ccccc3[C@@H]12. The van der Waals surface area contributed by atoms with Gasteiger partial charge >= 0.3 is 0 Å². The first-order valence-corrected chi connectivity index (χ1v) is 10.2. The van der Waals surface area contributed by atoms with E-state index in [-0.39, 0.29) is 5.69 Å². The summed E-state index contributed by atoms with van der Waals surface area (Å²) in [7, 11) is 1.54. The Kier molecular flexibility index (Phi) is 4.85. The Morgan fingerprint density at radius 1 is 1.15 bits per heavy atom. The van der Waals surface area contributed by atoms with E-state index in [4.69, 9.17) is 0 Å². The van der Waals surface area contributed by atoms with Crippen LogP contribution in [-0.2, 0) is 13.1 Å². The highest BCUT2D eigenvalue weighted by atomic mass is 19.1. The molecule has 174 valence electrons. The lowest BCUT2D eigenvalue weighted by Crippen LogP contribution is -2.52. The molecule has 0 spiro atoms. The summed E-state index contributed by atoms with van der Waals surface area (Å²) < 4.78 is 42.2. The van der Waals surface area contributed by atoms with Crippen molar-refractivity contribution in [2.24, 2.45) is 0 Å². The van der Waals surface area contributed by atoms with E-state index in [0.29, 0.717) is 18.7 Å². The van der Waals surface area contributed by atoms with Gasteiger partial charge in [-0.25, -0.2) is 13.2 Å². The van der Waals surface area contributed by atoms with Gasteiger partial charge in [0.05, 0.1) is 6.54 Å². The highest BCUT2D eigenvalue weighted by Gasteiger charge is 2.43. The molecule has 8 nitrogen and oxygen atoms in total. The molecule has 2 N–H and O–H groups in total. The number of amides is 2. The van der Waals surface area contributed by atoms with E-state index in [2.05, 4.69) is 5.32 Å². The molecule has 0 unspecified atom stereocenters. The summed E-state index contributed by atoms with van der Waals surface area (Å²) in [6.45, 7) is -0.334. The maximum absolute atomic E-state index is 13.9. The molecule has 11 heteroatoms. The minimum atomic E-state index is -1.20. The second-order valence-corrected chi connectivity index (χ2v) is 8.03. The Bertz CT molecular complexity index is 1420. The van der Waals surface area contributed by atoms with E-state index in [9.17, 15) is 32.7 Å². The van der Waals surface area contributed by atoms with Crippen LogP contribution in [0, 0.1) is 17.5 Å². The molecule has 0 radical (unpaired) electrons. The Morgan fingerprint density at radius 2 is 1.82 bits per heavy atom. The van der Waals surface area contributed by atoms with Crippen molar-refractivity contribution < 1.29 is 27.9 Å². The van der Waals surface area contributed by atoms with Crippen LogP contribution in [0.4, 0.5) is 13.2 Å². The average Bonchev–Trinajstić information content (AvgIpc) is 3.18. The van der Waals surface area contributed by atoms with Crippen molar-refractivity contribution in [3.05, 3.63) is 98.2 Å². The molecule has 0 saturated heterocycles. The summed E-state index contributed by atoms with van der Waals surface area (Å²) >= 11 is 0. The molecule has 0 fully saturated rings. The minimum absolute atomic E-state index is 0.302. The van der Waals surface area contributed by atoms with Crippen molar-refractivity contribution in [1.29, 1.82) is 0 Å². The van der Waals surface area contributed by atoms with Gasteiger partial charge in [-0.1, -0.05) is 24.3 Å². The lowest BCUT2D eigenvalue weighted by Gasteiger charge is -2.41. The Balaban J connectivity index is 1.53. The molecule has 2 aliphatic rings. The van der Waals surface area contributed by atoms with Crippen LogP contribution in [-0.4, -0.2) is 33.5 Å². The number of aromatic hydroxyl groups is 1. The van der Waals surface area contributed by atoms with Gasteiger partial charge in [0.2, 0.25) is 5.43 Å². The number of fused-ring (bicyclic) bond motifs is 5. The van der Waals surface area contributed by atoms with Gasteiger partial charge in [0.25, 0.3) is 11.8 Å². The molecule has 2 amide bonds. The van der Waals surface area contributed by atoms with Gasteiger partial charge in [-0.15, -0.1) is 0 Å². The molecule has 2 aliphatic heterocycles. The molecular formula is C23H17F3N4O4. The highest BCUT2D eigenvalue weighted by Crippen LogP contribution is 2.39. The van der Waals surface area contributed by atoms with Crippen molar-refractivity contribution >= 4 is 11.8 Å². The number of hydrogen-bond donors (Lipinski definition) is 2. The Morgan fingerprint density at radius 3 is 2.53 bits per heavy atom. The second kappa shape index (κ2) is 7.65. The Labute approximate surface area is 190 Å². The maximum Gasteiger partial charge on any atom is 0.278 e. The molecular weight excluding hydrogens is 453 g/mol. The maximum atomic E-state index is 13.9. The van der Waals surface area contributed by atoms with Crippen molar-refractivity contribution in [1.82, 2.24) is 14.9 Å². The van der Waals surface area contributed by atoms with Gasteiger partial charge in [-0.05, 0) is 5.56 Å². The number of benzene rings is 2. The van der Waals surface area contributed by atoms with E-state index in [1.165, 1.54) is 9.58 Å². The fourth-order valence-corrected chi connectivity index (χ4v) is 4.39. The van der Waals surface area contributed by atoms with Crippen LogP contribution in [0.5, 0.6) is 5.75 Å². The average molecular weight is 470 g/mol. The van der Waals surface area contributed by atoms with Crippen LogP contribution < -0.4 is 15.8 Å². The number of nitrogens with one attached hydrogen (secondary N) is 1. The van der Waals surface area contributed by atoms with E-state index >= 15 is 0 Å². The van der Waals surface area contributed by atoms with Crippen molar-refractivity contribution in [3.63, 3.8) is 0 Å². The predicted molar refractivity (Wildman–Crippen MR) is 113 cm³/mol. The first-order valence-electron chi connectivity index (χ1n) is 10.2. The van der Waals surface area contributed by atoms with Crippen LogP contribution >= 0.6 is 0 Å². The number of pyridine rings is 1. The van der Waals surface area contributed by atoms with Gasteiger partial charge in [0.15, 0.2) is 11.4 Å². The van der Waals surface area contributed by atoms with Crippen molar-refractivity contribution in [3.8, 4) is 5.75 Å². The molecule has 3 aromatic rings. The standard InChI is InChI=1S/C23H17F3N4O4/c1-28-22-13-5-3-2-4-11(13)9-30(22)29-10-15(19(31)20(32)18(29)23(28)34)21(33)27-8-14-16(25)6-12(24)7-17(14)26/h2-7,10,22,32H,8-9H2,1H3,(H,27,33)/t22-/m0/s1. The van der Waals surface area contributed by atoms with Gasteiger partial charge < -0.3 is 15.3 Å². The quantitative estimate of drug-likeness (QED) is 0.612. The molecule has 5 rings (SSSR count). The predicted octanol–water partition coefficient (Wildman–Crippen LogP) is 2.14. The third-order valence-corrected chi connectivity index (χ3v) is 6.06. The molecule has 0 bridgehead atoms. The van der Waals surface area contributed by atoms with E-state index in [1.54, 1.807) is 12.1 Å². The number of carbonyl (C=O) groups excluding carboxylic acids is 2. The van der Waals surface area contributed by atoms with Crippen LogP contribution in [0.3, 0.4) is 0 Å². The van der Waals surface area contributed by atoms with Gasteiger partial charge in [-0.2, -0.15) is 0 Å². The Hall–Kier alpha value is -4.28.